The molecule has 0 saturated carbocycles. The Labute approximate surface area is 224 Å². The summed E-state index contributed by atoms with van der Waals surface area (Å²) in [5.41, 5.74) is 3.49. The van der Waals surface area contributed by atoms with Crippen LogP contribution in [0, 0.1) is 6.92 Å². The van der Waals surface area contributed by atoms with Crippen LogP contribution in [0.1, 0.15) is 27.7 Å². The fourth-order valence-corrected chi connectivity index (χ4v) is 5.70. The number of benzene rings is 3. The molecule has 0 aliphatic carbocycles. The Kier molecular flexibility index (Phi) is 7.30. The van der Waals surface area contributed by atoms with Crippen LogP contribution in [0.2, 0.25) is 0 Å². The second-order valence-corrected chi connectivity index (χ2v) is 10.1. The molecule has 5 rings (SSSR count). The number of anilines is 2. The van der Waals surface area contributed by atoms with E-state index < -0.39 is 0 Å². The number of ether oxygens (including phenoxy) is 1. The van der Waals surface area contributed by atoms with Gasteiger partial charge >= 0.3 is 5.97 Å². The van der Waals surface area contributed by atoms with Gasteiger partial charge in [-0.2, -0.15) is 5.10 Å². The largest absolute Gasteiger partial charge is 0.462 e. The summed E-state index contributed by atoms with van der Waals surface area (Å²) in [7, 11) is 0. The predicted octanol–water partition coefficient (Wildman–Crippen LogP) is 7.11. The molecule has 0 aliphatic rings. The van der Waals surface area contributed by atoms with Crippen molar-refractivity contribution in [3.8, 4) is 11.1 Å². The lowest BCUT2D eigenvalue weighted by molar-refractivity contribution is 0.0529. The molecule has 0 saturated heterocycles. The minimum Gasteiger partial charge on any atom is -0.462 e. The van der Waals surface area contributed by atoms with E-state index in [4.69, 9.17) is 17.0 Å². The zero-order chi connectivity index (χ0) is 25.8. The zero-order valence-electron chi connectivity index (χ0n) is 20.5. The normalized spacial score (nSPS) is 10.9. The summed E-state index contributed by atoms with van der Waals surface area (Å²) in [5.74, 6) is 0.238. The molecule has 186 valence electrons. The first-order valence-electron chi connectivity index (χ1n) is 12.0. The van der Waals surface area contributed by atoms with Crippen molar-refractivity contribution in [2.24, 2.45) is 0 Å². The molecule has 0 fully saturated rings. The molecule has 0 atom stereocenters. The zero-order valence-corrected chi connectivity index (χ0v) is 22.2. The number of carbonyl (C=O) groups excluding carboxylic acids is 1. The molecule has 0 radical (unpaired) electrons. The second-order valence-electron chi connectivity index (χ2n) is 8.44. The first kappa shape index (κ1) is 24.7. The van der Waals surface area contributed by atoms with Crippen LogP contribution in [-0.2, 0) is 11.3 Å². The van der Waals surface area contributed by atoms with Gasteiger partial charge in [0.05, 0.1) is 13.2 Å². The fourth-order valence-electron chi connectivity index (χ4n) is 4.36. The van der Waals surface area contributed by atoms with Gasteiger partial charge in [-0.3, -0.25) is 4.68 Å². The Morgan fingerprint density at radius 3 is 2.57 bits per heavy atom. The number of hydrogen-bond acceptors (Lipinski definition) is 5. The summed E-state index contributed by atoms with van der Waals surface area (Å²) >= 11 is 7.06. The van der Waals surface area contributed by atoms with Crippen LogP contribution < -0.4 is 10.6 Å². The average Bonchev–Trinajstić information content (AvgIpc) is 3.47. The lowest BCUT2D eigenvalue weighted by Crippen LogP contribution is -2.20. The molecular formula is C29H26N4O2S2. The van der Waals surface area contributed by atoms with Gasteiger partial charge in [0.1, 0.15) is 10.6 Å². The average molecular weight is 527 g/mol. The highest BCUT2D eigenvalue weighted by molar-refractivity contribution is 7.80. The van der Waals surface area contributed by atoms with Crippen molar-refractivity contribution in [2.45, 2.75) is 20.4 Å². The van der Waals surface area contributed by atoms with Gasteiger partial charge in [-0.1, -0.05) is 72.8 Å². The van der Waals surface area contributed by atoms with E-state index in [-0.39, 0.29) is 12.6 Å². The summed E-state index contributed by atoms with van der Waals surface area (Å²) in [6, 6.07) is 26.3. The molecule has 2 N–H and O–H groups in total. The van der Waals surface area contributed by atoms with Crippen LogP contribution in [0.25, 0.3) is 21.9 Å². The van der Waals surface area contributed by atoms with Crippen LogP contribution in [0.5, 0.6) is 0 Å². The smallest absolute Gasteiger partial charge is 0.341 e. The summed E-state index contributed by atoms with van der Waals surface area (Å²) in [6.07, 6.45) is 1.92. The lowest BCUT2D eigenvalue weighted by Gasteiger charge is -2.11. The number of hydrogen-bond donors (Lipinski definition) is 2. The highest BCUT2D eigenvalue weighted by Gasteiger charge is 2.25. The molecular weight excluding hydrogens is 500 g/mol. The number of fused-ring (bicyclic) bond motifs is 1. The monoisotopic (exact) mass is 526 g/mol. The standard InChI is InChI=1S/C29H26N4O2S2/c1-3-35-28(34)26-25(21-11-5-4-6-12-21)19(2)37-27(26)31-29(36)30-24-16-17-33(32-24)18-22-14-9-13-20-10-7-8-15-23(20)22/h4-17H,3,18H2,1-2H3,(H2,30,31,32,36). The van der Waals surface area contributed by atoms with Gasteiger partial charge in [-0.15, -0.1) is 11.3 Å². The number of nitrogens with one attached hydrogen (secondary N) is 2. The molecule has 3 aromatic carbocycles. The van der Waals surface area contributed by atoms with Gasteiger partial charge in [-0.25, -0.2) is 4.79 Å². The molecule has 5 aromatic rings. The maximum atomic E-state index is 12.9. The maximum Gasteiger partial charge on any atom is 0.341 e. The first-order valence-corrected chi connectivity index (χ1v) is 13.2. The van der Waals surface area contributed by atoms with E-state index in [1.165, 1.54) is 27.7 Å². The van der Waals surface area contributed by atoms with Crippen LogP contribution in [-0.4, -0.2) is 27.5 Å². The van der Waals surface area contributed by atoms with Gasteiger partial charge < -0.3 is 15.4 Å². The van der Waals surface area contributed by atoms with Crippen molar-refractivity contribution in [2.75, 3.05) is 17.2 Å². The molecule has 0 unspecified atom stereocenters. The van der Waals surface area contributed by atoms with E-state index in [9.17, 15) is 4.79 Å². The van der Waals surface area contributed by atoms with Crippen molar-refractivity contribution in [3.63, 3.8) is 0 Å². The van der Waals surface area contributed by atoms with E-state index in [2.05, 4.69) is 46.1 Å². The van der Waals surface area contributed by atoms with E-state index in [0.29, 0.717) is 28.0 Å². The molecule has 2 aromatic heterocycles. The van der Waals surface area contributed by atoms with E-state index in [1.807, 2.05) is 66.3 Å². The quantitative estimate of drug-likeness (QED) is 0.174. The third-order valence-corrected chi connectivity index (χ3v) is 7.17. The number of esters is 1. The number of carbonyl (C=O) groups is 1. The van der Waals surface area contributed by atoms with Crippen molar-refractivity contribution in [1.82, 2.24) is 9.78 Å². The van der Waals surface area contributed by atoms with Crippen molar-refractivity contribution in [3.05, 3.63) is 101 Å². The second kappa shape index (κ2) is 10.9. The molecule has 37 heavy (non-hydrogen) atoms. The minimum atomic E-state index is -0.379. The molecule has 6 nitrogen and oxygen atoms in total. The molecule has 0 amide bonds. The van der Waals surface area contributed by atoms with E-state index >= 15 is 0 Å². The topological polar surface area (TPSA) is 68.2 Å². The Hall–Kier alpha value is -4.01. The molecule has 0 aliphatic heterocycles. The fraction of sp³-hybridized carbons (Fsp3) is 0.138. The summed E-state index contributed by atoms with van der Waals surface area (Å²) in [6.45, 7) is 4.72. The Bertz CT molecular complexity index is 1570. The van der Waals surface area contributed by atoms with Crippen molar-refractivity contribution < 1.29 is 9.53 Å². The number of aromatic nitrogens is 2. The first-order chi connectivity index (χ1) is 18.0. The number of rotatable bonds is 7. The van der Waals surface area contributed by atoms with Crippen LogP contribution >= 0.6 is 23.6 Å². The SMILES string of the molecule is CCOC(=O)c1c(NC(=S)Nc2ccn(Cc3cccc4ccccc34)n2)sc(C)c1-c1ccccc1. The van der Waals surface area contributed by atoms with Gasteiger partial charge in [-0.05, 0) is 48.0 Å². The summed E-state index contributed by atoms with van der Waals surface area (Å²) in [4.78, 5) is 13.9. The Morgan fingerprint density at radius 1 is 1.00 bits per heavy atom. The molecule has 0 bridgehead atoms. The van der Waals surface area contributed by atoms with Gasteiger partial charge in [0.2, 0.25) is 0 Å². The summed E-state index contributed by atoms with van der Waals surface area (Å²) in [5, 5.41) is 14.4. The molecule has 2 heterocycles. The van der Waals surface area contributed by atoms with E-state index in [0.717, 1.165) is 16.0 Å². The van der Waals surface area contributed by atoms with Gasteiger partial charge in [0.25, 0.3) is 0 Å². The summed E-state index contributed by atoms with van der Waals surface area (Å²) < 4.78 is 7.26. The highest BCUT2D eigenvalue weighted by Crippen LogP contribution is 2.40. The highest BCUT2D eigenvalue weighted by atomic mass is 32.1. The third-order valence-electron chi connectivity index (χ3n) is 5.95. The number of aryl methyl sites for hydroxylation is 1. The third kappa shape index (κ3) is 5.40. The number of thiocarbonyl (C=S) groups is 1. The van der Waals surface area contributed by atoms with Gasteiger partial charge in [0.15, 0.2) is 10.9 Å². The molecule has 0 spiro atoms. The van der Waals surface area contributed by atoms with Crippen molar-refractivity contribution in [1.29, 1.82) is 0 Å². The predicted molar refractivity (Wildman–Crippen MR) is 156 cm³/mol. The minimum absolute atomic E-state index is 0.290. The Balaban J connectivity index is 1.34. The number of nitrogens with zero attached hydrogens (tertiary/aromatic N) is 2. The van der Waals surface area contributed by atoms with Crippen LogP contribution in [0.4, 0.5) is 10.8 Å². The van der Waals surface area contributed by atoms with Crippen LogP contribution in [0.3, 0.4) is 0 Å². The van der Waals surface area contributed by atoms with Gasteiger partial charge in [0, 0.05) is 22.7 Å². The van der Waals surface area contributed by atoms with Crippen LogP contribution in [0.15, 0.2) is 85.1 Å². The van der Waals surface area contributed by atoms with Crippen molar-refractivity contribution >= 4 is 56.2 Å². The molecule has 8 heteroatoms. The Morgan fingerprint density at radius 2 is 1.76 bits per heavy atom. The van der Waals surface area contributed by atoms with E-state index in [1.54, 1.807) is 6.92 Å². The number of thiophene rings is 1. The maximum absolute atomic E-state index is 12.9. The lowest BCUT2D eigenvalue weighted by atomic mass is 10.0.